The van der Waals surface area contributed by atoms with Gasteiger partial charge < -0.3 is 40.2 Å². The van der Waals surface area contributed by atoms with E-state index in [1.807, 2.05) is 59.1 Å². The number of fused-ring (bicyclic) bond motifs is 2. The Balaban J connectivity index is 1.09. The Bertz CT molecular complexity index is 2200. The number of anilines is 1. The minimum absolute atomic E-state index is 0.0206. The minimum Gasteiger partial charge on any atom is -0.491 e. The quantitative estimate of drug-likeness (QED) is 0.112. The largest absolute Gasteiger partial charge is 0.491 e. The second-order valence-electron chi connectivity index (χ2n) is 19.6. The Kier molecular flexibility index (Phi) is 13.1. The number of likely N-dealkylation sites (tertiary alicyclic amines) is 2. The number of halogens is 1. The minimum atomic E-state index is -1.41. The summed E-state index contributed by atoms with van der Waals surface area (Å²) in [6.45, 7) is 14.8. The van der Waals surface area contributed by atoms with E-state index in [9.17, 15) is 24.3 Å². The highest BCUT2D eigenvalue weighted by Crippen LogP contribution is 2.52. The van der Waals surface area contributed by atoms with Gasteiger partial charge in [0.1, 0.15) is 58.7 Å². The summed E-state index contributed by atoms with van der Waals surface area (Å²) in [7, 11) is 0. The van der Waals surface area contributed by atoms with Gasteiger partial charge in [0.05, 0.1) is 17.8 Å². The van der Waals surface area contributed by atoms with Crippen molar-refractivity contribution in [1.82, 2.24) is 30.4 Å². The second kappa shape index (κ2) is 18.2. The van der Waals surface area contributed by atoms with E-state index < -0.39 is 53.0 Å². The number of nitrogens with zero attached hydrogens (tertiary/aromatic N) is 4. The van der Waals surface area contributed by atoms with E-state index in [4.69, 9.17) is 35.8 Å². The van der Waals surface area contributed by atoms with Crippen LogP contribution in [-0.2, 0) is 19.1 Å². The van der Waals surface area contributed by atoms with Crippen molar-refractivity contribution in [1.29, 1.82) is 0 Å². The number of piperidine rings is 1. The molecule has 2 saturated heterocycles. The van der Waals surface area contributed by atoms with Crippen LogP contribution in [0.2, 0.25) is 5.02 Å². The van der Waals surface area contributed by atoms with Crippen molar-refractivity contribution in [3.8, 4) is 22.9 Å². The molecule has 3 amide bonds. The van der Waals surface area contributed by atoms with E-state index in [0.29, 0.717) is 70.1 Å². The number of amides is 3. The molecule has 1 aromatic carbocycles. The molecule has 8 rings (SSSR count). The number of carbonyl (C=O) groups excluding carboxylic acids is 3. The molecule has 0 bridgehead atoms. The van der Waals surface area contributed by atoms with Gasteiger partial charge in [-0.1, -0.05) is 52.1 Å². The fourth-order valence-corrected chi connectivity index (χ4v) is 10.9. The normalized spacial score (nSPS) is 27.1. The van der Waals surface area contributed by atoms with Crippen LogP contribution in [0.1, 0.15) is 99.3 Å². The van der Waals surface area contributed by atoms with Gasteiger partial charge in [0.15, 0.2) is 5.13 Å². The average molecular weight is 909 g/mol. The zero-order valence-electron chi connectivity index (χ0n) is 37.2. The van der Waals surface area contributed by atoms with Crippen molar-refractivity contribution in [3.05, 3.63) is 28.6 Å². The van der Waals surface area contributed by atoms with Gasteiger partial charge >= 0.3 is 12.1 Å². The standard InChI is InChI=1S/C46H62ClN7O8S/c1-7-28-22-46(28,42(57)58)52-40(55)34-20-30(23-54(34)41(56)39(45(4,5)6)51-44(59)62-29-18-26-17-27(26)19-29)61-36-21-32(33-24-63-43(50-33)48-25(2)3)49-38-31(36)11-12-35(37(38)47)60-16-15-53-13-9-8-10-14-53/h11-12,21,24-30,34,39H,7-10,13-20,22-23H2,1-6H3,(H,48,50)(H,51,59)(H,52,55)(H,57,58)/t26-,27+,28-,29?,30-,34+,39-,46-/m1/s1. The molecule has 8 atom stereocenters. The average Bonchev–Trinajstić information content (AvgIpc) is 3.91. The Labute approximate surface area is 378 Å². The summed E-state index contributed by atoms with van der Waals surface area (Å²) in [5.41, 5.74) is -0.626. The topological polar surface area (TPSA) is 185 Å². The molecular formula is C46H62ClN7O8S. The number of rotatable bonds is 16. The van der Waals surface area contributed by atoms with E-state index in [-0.39, 0.29) is 31.0 Å². The molecule has 2 aromatic heterocycles. The van der Waals surface area contributed by atoms with Crippen molar-refractivity contribution in [2.24, 2.45) is 23.2 Å². The molecular weight excluding hydrogens is 846 g/mol. The highest BCUT2D eigenvalue weighted by atomic mass is 35.5. The first-order valence-electron chi connectivity index (χ1n) is 22.7. The molecule has 0 radical (unpaired) electrons. The zero-order valence-corrected chi connectivity index (χ0v) is 38.8. The monoisotopic (exact) mass is 907 g/mol. The van der Waals surface area contributed by atoms with Gasteiger partial charge in [-0.05, 0) is 101 Å². The molecule has 0 spiro atoms. The predicted octanol–water partition coefficient (Wildman–Crippen LogP) is 7.35. The molecule has 5 aliphatic rings. The Morgan fingerprint density at radius 1 is 1.00 bits per heavy atom. The van der Waals surface area contributed by atoms with Crippen LogP contribution in [0.5, 0.6) is 11.5 Å². The first-order chi connectivity index (χ1) is 30.0. The van der Waals surface area contributed by atoms with Gasteiger partial charge in [-0.15, -0.1) is 11.3 Å². The van der Waals surface area contributed by atoms with Gasteiger partial charge in [0.25, 0.3) is 0 Å². The Morgan fingerprint density at radius 3 is 2.41 bits per heavy atom. The van der Waals surface area contributed by atoms with Gasteiger partial charge in [-0.25, -0.2) is 19.6 Å². The number of alkyl carbamates (subject to hydrolysis) is 1. The summed E-state index contributed by atoms with van der Waals surface area (Å²) < 4.78 is 18.9. The highest BCUT2D eigenvalue weighted by Gasteiger charge is 2.61. The molecule has 63 heavy (non-hydrogen) atoms. The van der Waals surface area contributed by atoms with Crippen molar-refractivity contribution in [3.63, 3.8) is 0 Å². The number of thiazole rings is 1. The van der Waals surface area contributed by atoms with Crippen molar-refractivity contribution in [2.75, 3.05) is 38.1 Å². The molecule has 3 saturated carbocycles. The lowest BCUT2D eigenvalue weighted by atomic mass is 9.85. The number of hydrogen-bond donors (Lipinski definition) is 4. The second-order valence-corrected chi connectivity index (χ2v) is 20.9. The Hall–Kier alpha value is -4.41. The first-order valence-corrected chi connectivity index (χ1v) is 24.0. The maximum absolute atomic E-state index is 14.8. The van der Waals surface area contributed by atoms with Crippen LogP contribution in [-0.4, -0.2) is 117 Å². The molecule has 3 aromatic rings. The zero-order chi connectivity index (χ0) is 44.8. The van der Waals surface area contributed by atoms with Crippen LogP contribution in [0, 0.1) is 23.2 Å². The molecule has 1 unspecified atom stereocenters. The fourth-order valence-electron chi connectivity index (χ4n) is 9.74. The molecule has 5 fully saturated rings. The van der Waals surface area contributed by atoms with Gasteiger partial charge in [0, 0.05) is 35.8 Å². The van der Waals surface area contributed by atoms with E-state index >= 15 is 0 Å². The van der Waals surface area contributed by atoms with Crippen LogP contribution in [0.3, 0.4) is 0 Å². The smallest absolute Gasteiger partial charge is 0.408 e. The van der Waals surface area contributed by atoms with E-state index in [1.54, 1.807) is 6.07 Å². The lowest BCUT2D eigenvalue weighted by Crippen LogP contribution is -2.59. The van der Waals surface area contributed by atoms with E-state index in [2.05, 4.69) is 20.9 Å². The summed E-state index contributed by atoms with van der Waals surface area (Å²) in [6, 6.07) is 3.46. The lowest BCUT2D eigenvalue weighted by molar-refractivity contribution is -0.146. The number of carbonyl (C=O) groups is 4. The van der Waals surface area contributed by atoms with Crippen molar-refractivity contribution >= 4 is 62.8 Å². The molecule has 15 nitrogen and oxygen atoms in total. The van der Waals surface area contributed by atoms with Crippen LogP contribution in [0.25, 0.3) is 22.3 Å². The number of hydrogen-bond acceptors (Lipinski definition) is 12. The summed E-state index contributed by atoms with van der Waals surface area (Å²) >= 11 is 8.58. The summed E-state index contributed by atoms with van der Waals surface area (Å²) in [6.07, 6.45) is 5.78. The third-order valence-corrected chi connectivity index (χ3v) is 14.6. The molecule has 17 heteroatoms. The van der Waals surface area contributed by atoms with Crippen LogP contribution in [0.4, 0.5) is 9.93 Å². The van der Waals surface area contributed by atoms with E-state index in [0.717, 1.165) is 37.6 Å². The molecule has 342 valence electrons. The molecule has 3 aliphatic carbocycles. The van der Waals surface area contributed by atoms with Crippen LogP contribution < -0.4 is 25.4 Å². The van der Waals surface area contributed by atoms with E-state index in [1.165, 1.54) is 41.9 Å². The first kappa shape index (κ1) is 45.2. The van der Waals surface area contributed by atoms with Gasteiger partial charge in [-0.2, -0.15) is 0 Å². The number of pyridine rings is 1. The van der Waals surface area contributed by atoms with Crippen molar-refractivity contribution < 1.29 is 38.5 Å². The third kappa shape index (κ3) is 9.97. The number of carboxylic acids is 1. The van der Waals surface area contributed by atoms with Gasteiger partial charge in [-0.3, -0.25) is 14.5 Å². The summed E-state index contributed by atoms with van der Waals surface area (Å²) in [4.78, 5) is 68.7. The molecule has 2 aliphatic heterocycles. The molecule has 4 heterocycles. The summed E-state index contributed by atoms with van der Waals surface area (Å²) in [5.74, 6) is -0.300. The third-order valence-electron chi connectivity index (χ3n) is 13.5. The lowest BCUT2D eigenvalue weighted by Gasteiger charge is -2.35. The highest BCUT2D eigenvalue weighted by molar-refractivity contribution is 7.14. The SMILES string of the molecule is CC[C@@H]1C[C@]1(NC(=O)[C@@H]1C[C@@H](Oc2cc(-c3csc(NC(C)C)n3)nc3c(Cl)c(OCCN4CCCCC4)ccc23)CN1C(=O)[C@@H](NC(=O)OC1C[C@@H]2C[C@@H]2C1)C(C)(C)C)C(=O)O. The Morgan fingerprint density at radius 2 is 1.75 bits per heavy atom. The number of benzene rings is 1. The predicted molar refractivity (Wildman–Crippen MR) is 241 cm³/mol. The fraction of sp³-hybridized carbons (Fsp3) is 0.652. The number of aromatic nitrogens is 2. The van der Waals surface area contributed by atoms with Crippen molar-refractivity contribution in [2.45, 2.75) is 135 Å². The van der Waals surface area contributed by atoms with Gasteiger partial charge in [0.2, 0.25) is 11.8 Å². The number of ether oxygens (including phenoxy) is 3. The maximum Gasteiger partial charge on any atom is 0.408 e. The summed E-state index contributed by atoms with van der Waals surface area (Å²) in [5, 5.41) is 22.8. The maximum atomic E-state index is 14.8. The van der Waals surface area contributed by atoms with Crippen LogP contribution >= 0.6 is 22.9 Å². The molecule has 4 N–H and O–H groups in total. The number of aliphatic carboxylic acids is 1. The number of nitrogens with one attached hydrogen (secondary N) is 3. The number of carboxylic acid groups (broad SMARTS) is 1. The van der Waals surface area contributed by atoms with Crippen LogP contribution in [0.15, 0.2) is 23.6 Å².